The normalized spacial score (nSPS) is 28.5. The molecule has 5 heterocycles. The minimum atomic E-state index is -0.692. The third-order valence-electron chi connectivity index (χ3n) is 10.6. The first-order valence-corrected chi connectivity index (χ1v) is 15.7. The Bertz CT molecular complexity index is 2020. The van der Waals surface area contributed by atoms with E-state index in [9.17, 15) is 10.2 Å². The fraction of sp³-hybridized carbons (Fsp3) is 0.256. The molecular formula is C39H36N4O2. The molecule has 224 valence electrons. The van der Waals surface area contributed by atoms with E-state index in [-0.39, 0.29) is 17.6 Å². The van der Waals surface area contributed by atoms with Crippen LogP contribution in [-0.4, -0.2) is 33.5 Å². The Kier molecular flexibility index (Phi) is 6.07. The van der Waals surface area contributed by atoms with Crippen LogP contribution in [0.5, 0.6) is 0 Å². The van der Waals surface area contributed by atoms with Gasteiger partial charge in [0, 0.05) is 56.7 Å². The number of hydrogen-bond donors (Lipinski definition) is 3. The van der Waals surface area contributed by atoms with Gasteiger partial charge in [0.1, 0.15) is 5.76 Å². The van der Waals surface area contributed by atoms with E-state index in [1.807, 2.05) is 31.2 Å². The van der Waals surface area contributed by atoms with Crippen molar-refractivity contribution in [3.63, 3.8) is 0 Å². The molecule has 4 atom stereocenters. The number of aliphatic imine (C=N–C) groups is 3. The zero-order chi connectivity index (χ0) is 31.3. The molecule has 0 saturated carbocycles. The van der Waals surface area contributed by atoms with E-state index in [1.165, 1.54) is 0 Å². The van der Waals surface area contributed by atoms with E-state index in [0.29, 0.717) is 12.0 Å². The average molecular weight is 593 g/mol. The molecule has 1 aromatic rings. The highest BCUT2D eigenvalue weighted by Gasteiger charge is 2.49. The third kappa shape index (κ3) is 3.75. The highest BCUT2D eigenvalue weighted by Crippen LogP contribution is 2.52. The summed E-state index contributed by atoms with van der Waals surface area (Å²) in [7, 11) is 0. The number of hydrogen-bond acceptors (Lipinski definition) is 6. The molecule has 7 aliphatic rings. The van der Waals surface area contributed by atoms with Gasteiger partial charge in [-0.3, -0.25) is 0 Å². The number of aliphatic hydroxyl groups is 2. The van der Waals surface area contributed by atoms with E-state index < -0.39 is 12.0 Å². The number of nitrogens with zero attached hydrogens (tertiary/aromatic N) is 3. The predicted octanol–water partition coefficient (Wildman–Crippen LogP) is 7.53. The third-order valence-corrected chi connectivity index (χ3v) is 10.6. The van der Waals surface area contributed by atoms with E-state index in [2.05, 4.69) is 69.6 Å². The SMILES string of the molecule is C=CC1=C(C)C2=NC1=CC1=NC(=C(C)C3=CC4=C(O)C5C(=C6NC(=C2c2ccccc2)[C@@H](C)[C@@H]6CCC5O)C4=N3)C(C=C)=C1C. The smallest absolute Gasteiger partial charge is 0.112 e. The lowest BCUT2D eigenvalue weighted by Crippen LogP contribution is -2.24. The maximum absolute atomic E-state index is 11.7. The van der Waals surface area contributed by atoms with Crippen molar-refractivity contribution in [1.82, 2.24) is 5.32 Å². The van der Waals surface area contributed by atoms with Crippen molar-refractivity contribution in [1.29, 1.82) is 0 Å². The van der Waals surface area contributed by atoms with Crippen LogP contribution in [0.1, 0.15) is 46.1 Å². The first-order chi connectivity index (χ1) is 21.7. The molecule has 1 aromatic carbocycles. The molecule has 0 spiro atoms. The molecule has 5 aliphatic heterocycles. The number of aliphatic hydroxyl groups excluding tert-OH is 2. The maximum Gasteiger partial charge on any atom is 0.112 e. The Morgan fingerprint density at radius 1 is 0.844 bits per heavy atom. The molecule has 0 aromatic heterocycles. The van der Waals surface area contributed by atoms with Gasteiger partial charge in [-0.05, 0) is 62.5 Å². The highest BCUT2D eigenvalue weighted by molar-refractivity contribution is 6.34. The van der Waals surface area contributed by atoms with E-state index in [4.69, 9.17) is 15.0 Å². The van der Waals surface area contributed by atoms with Gasteiger partial charge in [0.05, 0.1) is 46.2 Å². The summed E-state index contributed by atoms with van der Waals surface area (Å²) in [5, 5.41) is 26.9. The molecule has 0 radical (unpaired) electrons. The zero-order valence-electron chi connectivity index (χ0n) is 26.1. The van der Waals surface area contributed by atoms with Crippen molar-refractivity contribution >= 4 is 22.7 Å². The average Bonchev–Trinajstić information content (AvgIpc) is 3.80. The Balaban J connectivity index is 1.50. The predicted molar refractivity (Wildman–Crippen MR) is 182 cm³/mol. The second-order valence-corrected chi connectivity index (χ2v) is 12.9. The van der Waals surface area contributed by atoms with Gasteiger partial charge in [-0.25, -0.2) is 15.0 Å². The molecule has 45 heavy (non-hydrogen) atoms. The summed E-state index contributed by atoms with van der Waals surface area (Å²) < 4.78 is 0. The number of nitrogens with one attached hydrogen (secondary N) is 1. The lowest BCUT2D eigenvalue weighted by molar-refractivity contribution is 0.111. The summed E-state index contributed by atoms with van der Waals surface area (Å²) >= 11 is 0. The second kappa shape index (κ2) is 9.85. The minimum absolute atomic E-state index is 0.116. The quantitative estimate of drug-likeness (QED) is 0.339. The molecule has 3 N–H and O–H groups in total. The van der Waals surface area contributed by atoms with Crippen LogP contribution in [0, 0.1) is 17.8 Å². The molecule has 6 nitrogen and oxygen atoms in total. The van der Waals surface area contributed by atoms with Crippen LogP contribution in [0.25, 0.3) is 5.57 Å². The summed E-state index contributed by atoms with van der Waals surface area (Å²) in [6, 6.07) is 10.4. The molecular weight excluding hydrogens is 556 g/mol. The number of allylic oxidation sites excluding steroid dienone is 11. The van der Waals surface area contributed by atoms with Crippen molar-refractivity contribution < 1.29 is 10.2 Å². The molecule has 2 aliphatic carbocycles. The van der Waals surface area contributed by atoms with Crippen LogP contribution < -0.4 is 5.32 Å². The van der Waals surface area contributed by atoms with Crippen molar-refractivity contribution in [2.24, 2.45) is 32.7 Å². The topological polar surface area (TPSA) is 89.6 Å². The van der Waals surface area contributed by atoms with Crippen LogP contribution in [0.3, 0.4) is 0 Å². The van der Waals surface area contributed by atoms with Gasteiger partial charge >= 0.3 is 0 Å². The largest absolute Gasteiger partial charge is 0.511 e. The molecule has 8 bridgehead atoms. The first kappa shape index (κ1) is 27.7. The Morgan fingerprint density at radius 3 is 2.31 bits per heavy atom. The van der Waals surface area contributed by atoms with Crippen LogP contribution in [0.15, 0.2) is 156 Å². The number of fused-ring (bicyclic) bond motifs is 4. The first-order valence-electron chi connectivity index (χ1n) is 15.7. The van der Waals surface area contributed by atoms with Crippen molar-refractivity contribution in [3.8, 4) is 0 Å². The van der Waals surface area contributed by atoms with E-state index >= 15 is 0 Å². The Labute approximate surface area is 263 Å². The second-order valence-electron chi connectivity index (χ2n) is 12.9. The van der Waals surface area contributed by atoms with Gasteiger partial charge < -0.3 is 15.5 Å². The van der Waals surface area contributed by atoms with Gasteiger partial charge in [-0.15, -0.1) is 0 Å². The van der Waals surface area contributed by atoms with Gasteiger partial charge in [-0.1, -0.05) is 62.6 Å². The Morgan fingerprint density at radius 2 is 1.58 bits per heavy atom. The lowest BCUT2D eigenvalue weighted by Gasteiger charge is -2.21. The summed E-state index contributed by atoms with van der Waals surface area (Å²) in [5.74, 6) is -0.0776. The standard InChI is InChI=1S/C39H36N4O2/c1-7-23-19(4)35-31(22-12-10-9-11-13-22)36-20(5)25-14-15-30(44)32-33(37(25)43-36)38-26(39(32)45)16-27(41-38)21(6)34-24(8-2)18(3)28(40-34)17-29(23)42-35/h7-13,16-17,20,25,30,32,43-45H,1-2,14-15H2,3-6H3/t20-,25-,30?,32?/m0/s1. The van der Waals surface area contributed by atoms with Crippen molar-refractivity contribution in [3.05, 3.63) is 147 Å². The van der Waals surface area contributed by atoms with Crippen LogP contribution in [-0.2, 0) is 0 Å². The minimum Gasteiger partial charge on any atom is -0.511 e. The van der Waals surface area contributed by atoms with Crippen LogP contribution in [0.2, 0.25) is 0 Å². The van der Waals surface area contributed by atoms with Crippen LogP contribution in [0.4, 0.5) is 0 Å². The van der Waals surface area contributed by atoms with E-state index in [0.717, 1.165) is 96.6 Å². The summed E-state index contributed by atoms with van der Waals surface area (Å²) in [4.78, 5) is 15.6. The lowest BCUT2D eigenvalue weighted by atomic mass is 9.84. The van der Waals surface area contributed by atoms with Crippen molar-refractivity contribution in [2.75, 3.05) is 0 Å². The summed E-state index contributed by atoms with van der Waals surface area (Å²) in [6.45, 7) is 16.8. The fourth-order valence-corrected chi connectivity index (χ4v) is 8.13. The fourth-order valence-electron chi connectivity index (χ4n) is 8.13. The van der Waals surface area contributed by atoms with Gasteiger partial charge in [-0.2, -0.15) is 0 Å². The molecule has 8 rings (SSSR count). The molecule has 2 unspecified atom stereocenters. The van der Waals surface area contributed by atoms with E-state index in [1.54, 1.807) is 0 Å². The van der Waals surface area contributed by atoms with Gasteiger partial charge in [0.15, 0.2) is 0 Å². The zero-order valence-corrected chi connectivity index (χ0v) is 26.1. The van der Waals surface area contributed by atoms with Crippen LogP contribution >= 0.6 is 0 Å². The molecule has 1 fully saturated rings. The molecule has 0 amide bonds. The maximum atomic E-state index is 11.7. The monoisotopic (exact) mass is 592 g/mol. The van der Waals surface area contributed by atoms with Gasteiger partial charge in [0.2, 0.25) is 0 Å². The van der Waals surface area contributed by atoms with Crippen molar-refractivity contribution in [2.45, 2.75) is 46.6 Å². The summed E-state index contributed by atoms with van der Waals surface area (Å²) in [6.07, 6.45) is 8.45. The highest BCUT2D eigenvalue weighted by atomic mass is 16.3. The molecule has 6 heteroatoms. The number of rotatable bonds is 3. The number of benzene rings is 1. The summed E-state index contributed by atoms with van der Waals surface area (Å²) in [5.41, 5.74) is 15.7. The van der Waals surface area contributed by atoms with Gasteiger partial charge in [0.25, 0.3) is 0 Å². The Hall–Kier alpha value is -4.81. The molecule has 1 saturated heterocycles.